The Balaban J connectivity index is 2.84. The molecule has 27 heavy (non-hydrogen) atoms. The summed E-state index contributed by atoms with van der Waals surface area (Å²) in [7, 11) is -3.76. The molecule has 156 valence electrons. The van der Waals surface area contributed by atoms with Crippen LogP contribution in [-0.2, 0) is 23.6 Å². The summed E-state index contributed by atoms with van der Waals surface area (Å²) < 4.78 is 23.5. The molecule has 0 saturated heterocycles. The molecule has 0 aromatic rings. The Morgan fingerprint density at radius 3 is 2.56 bits per heavy atom. The van der Waals surface area contributed by atoms with E-state index < -0.39 is 24.9 Å². The number of hydrogen-bond donors (Lipinski definition) is 1. The quantitative estimate of drug-likeness (QED) is 0.231. The van der Waals surface area contributed by atoms with Crippen molar-refractivity contribution in [3.8, 4) is 0 Å². The van der Waals surface area contributed by atoms with Crippen LogP contribution in [0.3, 0.4) is 0 Å². The summed E-state index contributed by atoms with van der Waals surface area (Å²) >= 11 is 0. The van der Waals surface area contributed by atoms with Crippen LogP contribution in [0, 0.1) is 17.8 Å². The summed E-state index contributed by atoms with van der Waals surface area (Å²) in [6.07, 6.45) is 0.920. The summed E-state index contributed by atoms with van der Waals surface area (Å²) in [5.74, 6) is 0.233. The van der Waals surface area contributed by atoms with E-state index in [4.69, 9.17) is 9.47 Å². The summed E-state index contributed by atoms with van der Waals surface area (Å²) in [5.41, 5.74) is 0.948. The van der Waals surface area contributed by atoms with Gasteiger partial charge in [0, 0.05) is 24.3 Å². The van der Waals surface area contributed by atoms with Gasteiger partial charge < -0.3 is 19.1 Å². The van der Waals surface area contributed by atoms with E-state index in [1.54, 1.807) is 6.92 Å². The summed E-state index contributed by atoms with van der Waals surface area (Å²) in [6, 6.07) is 0.304. The number of carbonyl (C=O) groups is 2. The molecule has 0 amide bonds. The number of carbonyl (C=O) groups excluding carboxylic acids is 2. The lowest BCUT2D eigenvalue weighted by molar-refractivity contribution is -0.135. The van der Waals surface area contributed by atoms with Gasteiger partial charge in [0.15, 0.2) is 12.3 Å². The SMILES string of the molecule is CCOCCOC(O)C(C)CP(=O)(C=O)C(=O)C1=C(C)CC(C)C(CC)C1. The zero-order valence-electron chi connectivity index (χ0n) is 17.3. The molecule has 1 N–H and O–H groups in total. The highest BCUT2D eigenvalue weighted by atomic mass is 31.2. The van der Waals surface area contributed by atoms with E-state index >= 15 is 0 Å². The smallest absolute Gasteiger partial charge is 0.224 e. The van der Waals surface area contributed by atoms with E-state index in [0.29, 0.717) is 43.1 Å². The Morgan fingerprint density at radius 2 is 2.00 bits per heavy atom. The van der Waals surface area contributed by atoms with Crippen molar-refractivity contribution in [2.24, 2.45) is 17.8 Å². The van der Waals surface area contributed by atoms with Gasteiger partial charge in [0.25, 0.3) is 0 Å². The lowest BCUT2D eigenvalue weighted by atomic mass is 9.76. The molecule has 0 bridgehead atoms. The van der Waals surface area contributed by atoms with Gasteiger partial charge in [0.2, 0.25) is 12.7 Å². The Labute approximate surface area is 163 Å². The van der Waals surface area contributed by atoms with E-state index in [2.05, 4.69) is 13.8 Å². The van der Waals surface area contributed by atoms with Crippen molar-refractivity contribution in [3.05, 3.63) is 11.1 Å². The number of rotatable bonds is 12. The van der Waals surface area contributed by atoms with Gasteiger partial charge in [-0.25, -0.2) is 0 Å². The van der Waals surface area contributed by atoms with Crippen LogP contribution in [-0.4, -0.2) is 48.9 Å². The highest BCUT2D eigenvalue weighted by molar-refractivity contribution is 7.93. The molecule has 0 radical (unpaired) electrons. The van der Waals surface area contributed by atoms with Gasteiger partial charge >= 0.3 is 0 Å². The van der Waals surface area contributed by atoms with Gasteiger partial charge in [-0.3, -0.25) is 9.59 Å². The van der Waals surface area contributed by atoms with Crippen LogP contribution in [0.5, 0.6) is 0 Å². The van der Waals surface area contributed by atoms with Crippen LogP contribution in [0.2, 0.25) is 0 Å². The standard InChI is InChI=1S/C20H35O6P/c1-6-17-11-18(15(4)10-14(17)3)20(23)27(24,13-21)12-16(5)19(22)26-9-8-25-7-2/h13-14,16-17,19,22H,6-12H2,1-5H3. The zero-order valence-corrected chi connectivity index (χ0v) is 18.2. The largest absolute Gasteiger partial charge is 0.379 e. The predicted octanol–water partition coefficient (Wildman–Crippen LogP) is 3.85. The van der Waals surface area contributed by atoms with E-state index in [9.17, 15) is 19.3 Å². The molecule has 7 heteroatoms. The topological polar surface area (TPSA) is 89.9 Å². The summed E-state index contributed by atoms with van der Waals surface area (Å²) in [5, 5.41) is 10.1. The number of ether oxygens (including phenoxy) is 2. The molecule has 0 spiro atoms. The van der Waals surface area contributed by atoms with Crippen molar-refractivity contribution in [1.29, 1.82) is 0 Å². The van der Waals surface area contributed by atoms with Crippen molar-refractivity contribution < 1.29 is 28.7 Å². The van der Waals surface area contributed by atoms with Crippen LogP contribution in [0.1, 0.15) is 53.9 Å². The van der Waals surface area contributed by atoms with Gasteiger partial charge in [-0.15, -0.1) is 0 Å². The predicted molar refractivity (Wildman–Crippen MR) is 107 cm³/mol. The lowest BCUT2D eigenvalue weighted by Crippen LogP contribution is -2.28. The molecule has 1 aliphatic rings. The van der Waals surface area contributed by atoms with Gasteiger partial charge in [-0.2, -0.15) is 0 Å². The third-order valence-corrected chi connectivity index (χ3v) is 7.89. The molecule has 1 aliphatic carbocycles. The summed E-state index contributed by atoms with van der Waals surface area (Å²) in [4.78, 5) is 24.6. The molecule has 0 heterocycles. The average molecular weight is 402 g/mol. The minimum atomic E-state index is -3.76. The Hall–Kier alpha value is -0.810. The molecule has 0 saturated carbocycles. The first kappa shape index (κ1) is 24.2. The maximum atomic E-state index is 13.2. The zero-order chi connectivity index (χ0) is 20.6. The van der Waals surface area contributed by atoms with Gasteiger partial charge in [-0.05, 0) is 38.5 Å². The molecule has 0 aromatic heterocycles. The van der Waals surface area contributed by atoms with Gasteiger partial charge in [0.05, 0.1) is 13.2 Å². The second kappa shape index (κ2) is 11.3. The fraction of sp³-hybridized carbons (Fsp3) is 0.800. The van der Waals surface area contributed by atoms with E-state index in [0.717, 1.165) is 18.4 Å². The Bertz CT molecular complexity index is 585. The normalized spacial score (nSPS) is 25.0. The second-order valence-corrected chi connectivity index (χ2v) is 10.2. The van der Waals surface area contributed by atoms with Gasteiger partial charge in [-0.1, -0.05) is 32.8 Å². The van der Waals surface area contributed by atoms with Crippen LogP contribution in [0.15, 0.2) is 11.1 Å². The fourth-order valence-corrected chi connectivity index (χ4v) is 5.81. The number of aliphatic hydroxyl groups is 1. The van der Waals surface area contributed by atoms with Crippen LogP contribution in [0.4, 0.5) is 0 Å². The highest BCUT2D eigenvalue weighted by Gasteiger charge is 2.39. The first-order valence-corrected chi connectivity index (χ1v) is 11.8. The molecule has 5 atom stereocenters. The van der Waals surface area contributed by atoms with Gasteiger partial charge in [0.1, 0.15) is 0 Å². The van der Waals surface area contributed by atoms with Crippen molar-refractivity contribution in [1.82, 2.24) is 0 Å². The second-order valence-electron chi connectivity index (χ2n) is 7.64. The monoisotopic (exact) mass is 402 g/mol. The third kappa shape index (κ3) is 6.63. The first-order chi connectivity index (χ1) is 12.7. The molecule has 1 rings (SSSR count). The summed E-state index contributed by atoms with van der Waals surface area (Å²) in [6.45, 7) is 10.7. The molecule has 0 fully saturated rings. The van der Waals surface area contributed by atoms with Crippen molar-refractivity contribution >= 4 is 18.7 Å². The maximum Gasteiger partial charge on any atom is 0.224 e. The lowest BCUT2D eigenvalue weighted by Gasteiger charge is -2.31. The Morgan fingerprint density at radius 1 is 1.33 bits per heavy atom. The molecular weight excluding hydrogens is 367 g/mol. The van der Waals surface area contributed by atoms with Crippen molar-refractivity contribution in [2.45, 2.75) is 60.2 Å². The fourth-order valence-electron chi connectivity index (χ4n) is 3.68. The van der Waals surface area contributed by atoms with E-state index in [1.807, 2.05) is 13.8 Å². The number of hydrogen-bond acceptors (Lipinski definition) is 6. The number of allylic oxidation sites excluding steroid dienone is 2. The maximum absolute atomic E-state index is 13.2. The Kier molecular flexibility index (Phi) is 10.1. The molecule has 0 aliphatic heterocycles. The van der Waals surface area contributed by atoms with Crippen LogP contribution in [0.25, 0.3) is 0 Å². The first-order valence-electron chi connectivity index (χ1n) is 9.86. The molecule has 6 nitrogen and oxygen atoms in total. The minimum absolute atomic E-state index is 0.186. The van der Waals surface area contributed by atoms with Crippen molar-refractivity contribution in [3.63, 3.8) is 0 Å². The van der Waals surface area contributed by atoms with Crippen molar-refractivity contribution in [2.75, 3.05) is 26.0 Å². The molecule has 5 unspecified atom stereocenters. The highest BCUT2D eigenvalue weighted by Crippen LogP contribution is 2.51. The minimum Gasteiger partial charge on any atom is -0.379 e. The van der Waals surface area contributed by atoms with E-state index in [1.165, 1.54) is 0 Å². The third-order valence-electron chi connectivity index (χ3n) is 5.48. The van der Waals surface area contributed by atoms with Crippen LogP contribution < -0.4 is 0 Å². The average Bonchev–Trinajstić information content (AvgIpc) is 2.64. The van der Waals surface area contributed by atoms with Crippen LogP contribution >= 0.6 is 7.14 Å². The molecule has 0 aromatic carbocycles. The molecular formula is C20H35O6P. The van der Waals surface area contributed by atoms with E-state index in [-0.39, 0.29) is 12.8 Å². The number of aliphatic hydroxyl groups excluding tert-OH is 1.